The number of hydrogen-bond donors (Lipinski definition) is 0. The summed E-state index contributed by atoms with van der Waals surface area (Å²) in [5, 5.41) is 2.11. The zero-order valence-electron chi connectivity index (χ0n) is 10.9. The van der Waals surface area contributed by atoms with Gasteiger partial charge in [0.25, 0.3) is 0 Å². The first-order valence-corrected chi connectivity index (χ1v) is 8.17. The Bertz CT molecular complexity index is 645. The molecule has 102 valence electrons. The fraction of sp³-hybridized carbons (Fsp3) is 0.188. The van der Waals surface area contributed by atoms with Crippen molar-refractivity contribution in [2.24, 2.45) is 0 Å². The molecule has 2 nitrogen and oxygen atoms in total. The normalized spacial score (nSPS) is 14.6. The highest BCUT2D eigenvalue weighted by atomic mass is 79.9. The van der Waals surface area contributed by atoms with Gasteiger partial charge in [-0.05, 0) is 47.2 Å². The number of carbonyl (C=O) groups is 1. The molecule has 2 heterocycles. The second-order valence-corrected chi connectivity index (χ2v) is 6.68. The average molecular weight is 348 g/mol. The summed E-state index contributed by atoms with van der Waals surface area (Å²) in [7, 11) is 0. The maximum Gasteiger partial charge on any atom is 0.246 e. The lowest BCUT2D eigenvalue weighted by molar-refractivity contribution is -0.126. The van der Waals surface area contributed by atoms with Crippen LogP contribution < -0.4 is 0 Å². The maximum atomic E-state index is 12.2. The molecule has 0 saturated carbocycles. The lowest BCUT2D eigenvalue weighted by Crippen LogP contribution is -2.34. The molecule has 2 aromatic rings. The van der Waals surface area contributed by atoms with Crippen molar-refractivity contribution in [3.63, 3.8) is 0 Å². The molecule has 0 N–H and O–H groups in total. The van der Waals surface area contributed by atoms with Crippen LogP contribution in [0.3, 0.4) is 0 Å². The minimum absolute atomic E-state index is 0.0877. The number of carbonyl (C=O) groups excluding carboxylic acids is 1. The molecule has 1 aliphatic rings. The minimum Gasteiger partial charge on any atom is -0.334 e. The van der Waals surface area contributed by atoms with Crippen molar-refractivity contribution in [3.8, 4) is 0 Å². The van der Waals surface area contributed by atoms with Crippen molar-refractivity contribution in [3.05, 3.63) is 62.3 Å². The number of fused-ring (bicyclic) bond motifs is 1. The first-order chi connectivity index (χ1) is 9.72. The molecule has 0 saturated heterocycles. The van der Waals surface area contributed by atoms with Crippen molar-refractivity contribution in [2.75, 3.05) is 6.54 Å². The third-order valence-electron chi connectivity index (χ3n) is 3.41. The van der Waals surface area contributed by atoms with Crippen molar-refractivity contribution in [2.45, 2.75) is 13.0 Å². The smallest absolute Gasteiger partial charge is 0.246 e. The lowest BCUT2D eigenvalue weighted by atomic mass is 10.1. The van der Waals surface area contributed by atoms with Gasteiger partial charge in [0, 0.05) is 28.5 Å². The molecule has 1 aliphatic heterocycles. The first kappa shape index (κ1) is 13.6. The number of rotatable bonds is 2. The van der Waals surface area contributed by atoms with Crippen LogP contribution in [0.15, 0.2) is 46.3 Å². The van der Waals surface area contributed by atoms with Crippen LogP contribution in [0.5, 0.6) is 0 Å². The van der Waals surface area contributed by atoms with Gasteiger partial charge in [-0.3, -0.25) is 4.79 Å². The molecule has 4 heteroatoms. The van der Waals surface area contributed by atoms with E-state index in [1.54, 1.807) is 17.4 Å². The quantitative estimate of drug-likeness (QED) is 0.748. The minimum atomic E-state index is 0.0877. The predicted molar refractivity (Wildman–Crippen MR) is 86.6 cm³/mol. The summed E-state index contributed by atoms with van der Waals surface area (Å²) >= 11 is 5.19. The third-order valence-corrected chi connectivity index (χ3v) is 4.96. The summed E-state index contributed by atoms with van der Waals surface area (Å²) in [4.78, 5) is 15.5. The molecule has 0 bridgehead atoms. The predicted octanol–water partition coefficient (Wildman–Crippen LogP) is 4.11. The zero-order valence-corrected chi connectivity index (χ0v) is 13.3. The topological polar surface area (TPSA) is 20.3 Å². The molecule has 0 spiro atoms. The van der Waals surface area contributed by atoms with Crippen LogP contribution in [0.25, 0.3) is 6.08 Å². The highest BCUT2D eigenvalue weighted by Gasteiger charge is 2.19. The van der Waals surface area contributed by atoms with Crippen LogP contribution in [-0.4, -0.2) is 17.4 Å². The number of amides is 1. The lowest BCUT2D eigenvalue weighted by Gasteiger charge is -2.25. The Balaban J connectivity index is 1.67. The molecule has 1 aromatic carbocycles. The fourth-order valence-electron chi connectivity index (χ4n) is 2.28. The average Bonchev–Trinajstić information content (AvgIpc) is 2.93. The van der Waals surface area contributed by atoms with E-state index in [9.17, 15) is 4.79 Å². The van der Waals surface area contributed by atoms with Gasteiger partial charge in [0.1, 0.15) is 0 Å². The Hall–Kier alpha value is -1.39. The van der Waals surface area contributed by atoms with E-state index in [-0.39, 0.29) is 5.91 Å². The van der Waals surface area contributed by atoms with E-state index in [1.165, 1.54) is 10.4 Å². The first-order valence-electron chi connectivity index (χ1n) is 6.50. The monoisotopic (exact) mass is 347 g/mol. The van der Waals surface area contributed by atoms with Crippen molar-refractivity contribution >= 4 is 39.2 Å². The van der Waals surface area contributed by atoms with Gasteiger partial charge in [-0.25, -0.2) is 0 Å². The Morgan fingerprint density at radius 2 is 2.05 bits per heavy atom. The van der Waals surface area contributed by atoms with Crippen LogP contribution in [0, 0.1) is 0 Å². The molecule has 3 rings (SSSR count). The number of hydrogen-bond acceptors (Lipinski definition) is 2. The molecule has 0 fully saturated rings. The van der Waals surface area contributed by atoms with E-state index in [1.807, 2.05) is 35.2 Å². The van der Waals surface area contributed by atoms with E-state index in [0.717, 1.165) is 29.5 Å². The molecule has 20 heavy (non-hydrogen) atoms. The molecule has 1 aromatic heterocycles. The standard InChI is InChI=1S/C16H14BrNOS/c17-14-4-1-12(2-5-14)3-6-16(19)18-9-7-15-13(11-18)8-10-20-15/h1-6,8,10H,7,9,11H2/b6-3+. The second kappa shape index (κ2) is 5.94. The summed E-state index contributed by atoms with van der Waals surface area (Å²) in [5.41, 5.74) is 2.33. The molecule has 0 aliphatic carbocycles. The largest absolute Gasteiger partial charge is 0.334 e. The van der Waals surface area contributed by atoms with E-state index >= 15 is 0 Å². The van der Waals surface area contributed by atoms with Gasteiger partial charge < -0.3 is 4.90 Å². The number of nitrogens with zero attached hydrogens (tertiary/aromatic N) is 1. The fourth-order valence-corrected chi connectivity index (χ4v) is 3.44. The Morgan fingerprint density at radius 1 is 1.25 bits per heavy atom. The van der Waals surface area contributed by atoms with E-state index in [4.69, 9.17) is 0 Å². The van der Waals surface area contributed by atoms with E-state index < -0.39 is 0 Å². The van der Waals surface area contributed by atoms with Gasteiger partial charge in [-0.2, -0.15) is 0 Å². The van der Waals surface area contributed by atoms with Crippen molar-refractivity contribution < 1.29 is 4.79 Å². The van der Waals surface area contributed by atoms with Crippen molar-refractivity contribution in [1.82, 2.24) is 4.90 Å². The molecule has 0 radical (unpaired) electrons. The number of benzene rings is 1. The van der Waals surface area contributed by atoms with Crippen molar-refractivity contribution in [1.29, 1.82) is 0 Å². The zero-order chi connectivity index (χ0) is 13.9. The summed E-state index contributed by atoms with van der Waals surface area (Å²) in [5.74, 6) is 0.0877. The number of thiophene rings is 1. The summed E-state index contributed by atoms with van der Waals surface area (Å²) in [6.45, 7) is 1.55. The van der Waals surface area contributed by atoms with Gasteiger partial charge in [-0.15, -0.1) is 11.3 Å². The SMILES string of the molecule is O=C(/C=C/c1ccc(Br)cc1)N1CCc2sccc2C1. The Morgan fingerprint density at radius 3 is 2.85 bits per heavy atom. The number of halogens is 1. The maximum absolute atomic E-state index is 12.2. The van der Waals surface area contributed by atoms with Gasteiger partial charge in [-0.1, -0.05) is 28.1 Å². The highest BCUT2D eigenvalue weighted by Crippen LogP contribution is 2.24. The molecule has 0 atom stereocenters. The second-order valence-electron chi connectivity index (χ2n) is 4.76. The van der Waals surface area contributed by atoms with Crippen LogP contribution in [0.4, 0.5) is 0 Å². The Kier molecular flexibility index (Phi) is 4.03. The van der Waals surface area contributed by atoms with Gasteiger partial charge >= 0.3 is 0 Å². The third kappa shape index (κ3) is 3.02. The van der Waals surface area contributed by atoms with Gasteiger partial charge in [0.2, 0.25) is 5.91 Å². The van der Waals surface area contributed by atoms with Gasteiger partial charge in [0.15, 0.2) is 0 Å². The Labute approximate surface area is 130 Å². The summed E-state index contributed by atoms with van der Waals surface area (Å²) in [6.07, 6.45) is 4.52. The van der Waals surface area contributed by atoms with Crippen LogP contribution in [-0.2, 0) is 17.8 Å². The molecular weight excluding hydrogens is 334 g/mol. The molecular formula is C16H14BrNOS. The van der Waals surface area contributed by atoms with Crippen LogP contribution >= 0.6 is 27.3 Å². The van der Waals surface area contributed by atoms with Gasteiger partial charge in [0.05, 0.1) is 0 Å². The van der Waals surface area contributed by atoms with Crippen LogP contribution in [0.1, 0.15) is 16.0 Å². The summed E-state index contributed by atoms with van der Waals surface area (Å²) in [6, 6.07) is 10.0. The molecule has 0 unspecified atom stereocenters. The van der Waals surface area contributed by atoms with E-state index in [2.05, 4.69) is 27.4 Å². The molecule has 1 amide bonds. The van der Waals surface area contributed by atoms with E-state index in [0.29, 0.717) is 0 Å². The van der Waals surface area contributed by atoms with Crippen LogP contribution in [0.2, 0.25) is 0 Å². The summed E-state index contributed by atoms with van der Waals surface area (Å²) < 4.78 is 1.04. The highest BCUT2D eigenvalue weighted by molar-refractivity contribution is 9.10.